The fraction of sp³-hybridized carbons (Fsp3) is 0.600. The van der Waals surface area contributed by atoms with Crippen molar-refractivity contribution in [2.45, 2.75) is 52.0 Å². The average molecular weight is 343 g/mol. The molecular weight excluding hydrogens is 314 g/mol. The van der Waals surface area contributed by atoms with Crippen molar-refractivity contribution in [1.82, 2.24) is 4.90 Å². The maximum Gasteiger partial charge on any atom is 0.230 e. The highest BCUT2D eigenvalue weighted by Gasteiger charge is 2.36. The predicted octanol–water partition coefficient (Wildman–Crippen LogP) is 2.90. The number of hydrogen-bond donors (Lipinski definition) is 2. The Hall–Kier alpha value is -1.88. The Labute approximate surface area is 150 Å². The molecule has 3 N–H and O–H groups in total. The van der Waals surface area contributed by atoms with Crippen LogP contribution in [0.4, 0.5) is 5.69 Å². The molecule has 5 heteroatoms. The summed E-state index contributed by atoms with van der Waals surface area (Å²) >= 11 is 0. The van der Waals surface area contributed by atoms with Crippen LogP contribution in [-0.2, 0) is 16.1 Å². The van der Waals surface area contributed by atoms with Gasteiger partial charge in [-0.3, -0.25) is 14.5 Å². The second-order valence-corrected chi connectivity index (χ2v) is 7.90. The van der Waals surface area contributed by atoms with Crippen LogP contribution in [0.2, 0.25) is 0 Å². The molecule has 1 saturated heterocycles. The summed E-state index contributed by atoms with van der Waals surface area (Å²) in [4.78, 5) is 26.1. The van der Waals surface area contributed by atoms with Crippen molar-refractivity contribution in [3.05, 3.63) is 29.8 Å². The van der Waals surface area contributed by atoms with Gasteiger partial charge in [-0.25, -0.2) is 0 Å². The van der Waals surface area contributed by atoms with Crippen molar-refractivity contribution in [2.24, 2.45) is 17.1 Å². The summed E-state index contributed by atoms with van der Waals surface area (Å²) in [7, 11) is 0. The van der Waals surface area contributed by atoms with Crippen LogP contribution in [0.1, 0.15) is 51.0 Å². The van der Waals surface area contributed by atoms with E-state index in [1.807, 2.05) is 12.1 Å². The maximum atomic E-state index is 12.5. The Morgan fingerprint density at radius 1 is 1.20 bits per heavy atom. The molecule has 0 bridgehead atoms. The molecule has 1 unspecified atom stereocenters. The van der Waals surface area contributed by atoms with Gasteiger partial charge < -0.3 is 11.1 Å². The zero-order valence-corrected chi connectivity index (χ0v) is 15.1. The van der Waals surface area contributed by atoms with Gasteiger partial charge in [-0.2, -0.15) is 0 Å². The van der Waals surface area contributed by atoms with Crippen molar-refractivity contribution in [3.63, 3.8) is 0 Å². The Kier molecular flexibility index (Phi) is 5.42. The molecular formula is C20H29N3O2. The number of nitrogens with two attached hydrogens (primary N) is 1. The lowest BCUT2D eigenvalue weighted by atomic mass is 9.88. The monoisotopic (exact) mass is 343 g/mol. The lowest BCUT2D eigenvalue weighted by Gasteiger charge is -2.31. The van der Waals surface area contributed by atoms with E-state index < -0.39 is 0 Å². The fourth-order valence-corrected chi connectivity index (χ4v) is 4.05. The number of benzene rings is 1. The van der Waals surface area contributed by atoms with Gasteiger partial charge in [0.15, 0.2) is 0 Å². The van der Waals surface area contributed by atoms with Gasteiger partial charge in [-0.1, -0.05) is 31.9 Å². The van der Waals surface area contributed by atoms with E-state index in [1.54, 1.807) is 0 Å². The van der Waals surface area contributed by atoms with E-state index in [4.69, 9.17) is 5.73 Å². The minimum atomic E-state index is -0.212. The van der Waals surface area contributed by atoms with Gasteiger partial charge in [0.2, 0.25) is 11.8 Å². The van der Waals surface area contributed by atoms with Gasteiger partial charge in [0.05, 0.1) is 5.92 Å². The van der Waals surface area contributed by atoms with E-state index in [-0.39, 0.29) is 23.1 Å². The molecule has 1 aliphatic carbocycles. The lowest BCUT2D eigenvalue weighted by Crippen LogP contribution is -2.40. The van der Waals surface area contributed by atoms with Gasteiger partial charge in [0.1, 0.15) is 0 Å². The first-order chi connectivity index (χ1) is 12.0. The predicted molar refractivity (Wildman–Crippen MR) is 98.8 cm³/mol. The van der Waals surface area contributed by atoms with Crippen LogP contribution in [0, 0.1) is 11.3 Å². The van der Waals surface area contributed by atoms with E-state index in [1.165, 1.54) is 5.56 Å². The molecule has 2 aliphatic rings. The Bertz CT molecular complexity index is 620. The second-order valence-electron chi connectivity index (χ2n) is 7.90. The molecule has 0 radical (unpaired) electrons. The number of rotatable bonds is 5. The molecule has 3 rings (SSSR count). The molecule has 1 aromatic rings. The highest BCUT2D eigenvalue weighted by molar-refractivity contribution is 5.95. The van der Waals surface area contributed by atoms with Crippen LogP contribution in [-0.4, -0.2) is 29.8 Å². The molecule has 25 heavy (non-hydrogen) atoms. The number of hydrogen-bond acceptors (Lipinski definition) is 3. The number of nitrogens with one attached hydrogen (secondary N) is 1. The molecule has 2 amide bonds. The number of carbonyl (C=O) groups excluding carboxylic acids is 2. The number of primary amides is 1. The van der Waals surface area contributed by atoms with Crippen LogP contribution >= 0.6 is 0 Å². The first kappa shape index (κ1) is 17.9. The highest BCUT2D eigenvalue weighted by atomic mass is 16.2. The average Bonchev–Trinajstić information content (AvgIpc) is 3.05. The Morgan fingerprint density at radius 2 is 1.88 bits per heavy atom. The van der Waals surface area contributed by atoms with Crippen molar-refractivity contribution >= 4 is 17.5 Å². The Balaban J connectivity index is 1.55. The summed E-state index contributed by atoms with van der Waals surface area (Å²) in [6.45, 7) is 4.62. The molecule has 1 saturated carbocycles. The first-order valence-corrected chi connectivity index (χ1v) is 9.38. The van der Waals surface area contributed by atoms with Crippen LogP contribution < -0.4 is 11.1 Å². The van der Waals surface area contributed by atoms with Gasteiger partial charge in [-0.05, 0) is 49.9 Å². The molecule has 0 spiro atoms. The van der Waals surface area contributed by atoms with E-state index in [2.05, 4.69) is 29.3 Å². The van der Waals surface area contributed by atoms with Crippen LogP contribution in [0.25, 0.3) is 0 Å². The first-order valence-electron chi connectivity index (χ1n) is 9.38. The van der Waals surface area contributed by atoms with Crippen LogP contribution in [0.15, 0.2) is 24.3 Å². The summed E-state index contributed by atoms with van der Waals surface area (Å²) in [5, 5.41) is 3.06. The maximum absolute atomic E-state index is 12.5. The number of carbonyl (C=O) groups is 2. The largest absolute Gasteiger partial charge is 0.369 e. The second kappa shape index (κ2) is 7.56. The summed E-state index contributed by atoms with van der Waals surface area (Å²) in [5.74, 6) is -0.0827. The zero-order valence-electron chi connectivity index (χ0n) is 15.1. The topological polar surface area (TPSA) is 75.4 Å². The van der Waals surface area contributed by atoms with Crippen LogP contribution in [0.5, 0.6) is 0 Å². The third kappa shape index (κ3) is 4.40. The summed E-state index contributed by atoms with van der Waals surface area (Å²) in [5.41, 5.74) is 7.28. The normalized spacial score (nSPS) is 23.3. The molecule has 1 aromatic carbocycles. The van der Waals surface area contributed by atoms with Crippen molar-refractivity contribution in [2.75, 3.05) is 18.4 Å². The van der Waals surface area contributed by atoms with Gasteiger partial charge in [-0.15, -0.1) is 0 Å². The van der Waals surface area contributed by atoms with E-state index in [9.17, 15) is 9.59 Å². The third-order valence-corrected chi connectivity index (χ3v) is 5.78. The quantitative estimate of drug-likeness (QED) is 0.863. The molecule has 5 nitrogen and oxygen atoms in total. The Morgan fingerprint density at radius 3 is 2.52 bits per heavy atom. The van der Waals surface area contributed by atoms with Gasteiger partial charge >= 0.3 is 0 Å². The third-order valence-electron chi connectivity index (χ3n) is 5.78. The van der Waals surface area contributed by atoms with Crippen molar-refractivity contribution < 1.29 is 9.59 Å². The number of nitrogens with zero attached hydrogens (tertiary/aromatic N) is 1. The number of piperidine rings is 1. The lowest BCUT2D eigenvalue weighted by molar-refractivity contribution is -0.124. The van der Waals surface area contributed by atoms with Crippen molar-refractivity contribution in [3.8, 4) is 0 Å². The molecule has 1 atom stereocenters. The van der Waals surface area contributed by atoms with Crippen LogP contribution in [0.3, 0.4) is 0 Å². The minimum Gasteiger partial charge on any atom is -0.369 e. The molecule has 2 fully saturated rings. The standard InChI is InChI=1S/C20H29N3O2/c1-20(10-2-3-11-20)19(25)22-17-8-6-15(7-9-17)13-23-12-4-5-16(14-23)18(21)24/h6-9,16H,2-5,10-14H2,1H3,(H2,21,24)(H,22,25). The van der Waals surface area contributed by atoms with Gasteiger partial charge in [0, 0.05) is 24.2 Å². The highest BCUT2D eigenvalue weighted by Crippen LogP contribution is 2.38. The summed E-state index contributed by atoms with van der Waals surface area (Å²) < 4.78 is 0. The number of likely N-dealkylation sites (tertiary alicyclic amines) is 1. The van der Waals surface area contributed by atoms with E-state index >= 15 is 0 Å². The molecule has 136 valence electrons. The minimum absolute atomic E-state index is 0.0283. The summed E-state index contributed by atoms with van der Waals surface area (Å²) in [6, 6.07) is 8.06. The smallest absolute Gasteiger partial charge is 0.230 e. The number of amides is 2. The SMILES string of the molecule is CC1(C(=O)Nc2ccc(CN3CCCC(C(N)=O)C3)cc2)CCCC1. The summed E-state index contributed by atoms with van der Waals surface area (Å²) in [6.07, 6.45) is 6.16. The molecule has 1 aliphatic heterocycles. The van der Waals surface area contributed by atoms with E-state index in [0.717, 1.165) is 63.8 Å². The molecule has 1 heterocycles. The zero-order chi connectivity index (χ0) is 17.9. The molecule has 0 aromatic heterocycles. The van der Waals surface area contributed by atoms with E-state index in [0.29, 0.717) is 0 Å². The number of anilines is 1. The van der Waals surface area contributed by atoms with Crippen molar-refractivity contribution in [1.29, 1.82) is 0 Å². The van der Waals surface area contributed by atoms with Gasteiger partial charge in [0.25, 0.3) is 0 Å². The fourth-order valence-electron chi connectivity index (χ4n) is 4.05.